The summed E-state index contributed by atoms with van der Waals surface area (Å²) in [4.78, 5) is 12.2. The number of carbonyl (C=O) groups is 1. The van der Waals surface area contributed by atoms with Crippen LogP contribution in [0, 0.1) is 12.8 Å². The minimum Gasteiger partial charge on any atom is -0.491 e. The van der Waals surface area contributed by atoms with Crippen molar-refractivity contribution in [2.24, 2.45) is 5.92 Å². The summed E-state index contributed by atoms with van der Waals surface area (Å²) < 4.78 is 5.73. The van der Waals surface area contributed by atoms with Crippen LogP contribution in [0.3, 0.4) is 0 Å². The van der Waals surface area contributed by atoms with E-state index in [9.17, 15) is 4.79 Å². The van der Waals surface area contributed by atoms with Gasteiger partial charge in [0.2, 0.25) is 5.91 Å². The molecule has 0 aromatic heterocycles. The van der Waals surface area contributed by atoms with E-state index in [1.54, 1.807) is 0 Å². The van der Waals surface area contributed by atoms with E-state index in [0.717, 1.165) is 49.4 Å². The normalized spacial score (nSPS) is 18.3. The second kappa shape index (κ2) is 8.03. The predicted octanol–water partition coefficient (Wildman–Crippen LogP) is 3.11. The Hall–Kier alpha value is -1.55. The van der Waals surface area contributed by atoms with Gasteiger partial charge in [-0.15, -0.1) is 0 Å². The molecule has 1 heterocycles. The molecule has 2 rings (SSSR count). The zero-order valence-electron chi connectivity index (χ0n) is 13.1. The molecule has 4 heteroatoms. The number of ether oxygens (including phenoxy) is 1. The van der Waals surface area contributed by atoms with Crippen molar-refractivity contribution in [3.05, 3.63) is 23.8 Å². The first-order valence-electron chi connectivity index (χ1n) is 7.93. The maximum atomic E-state index is 12.2. The molecule has 0 aliphatic carbocycles. The Bertz CT molecular complexity index is 468. The van der Waals surface area contributed by atoms with Gasteiger partial charge in [-0.25, -0.2) is 0 Å². The Morgan fingerprint density at radius 1 is 1.48 bits per heavy atom. The van der Waals surface area contributed by atoms with Crippen LogP contribution in [0.15, 0.2) is 18.2 Å². The van der Waals surface area contributed by atoms with Crippen LogP contribution in [0.25, 0.3) is 0 Å². The van der Waals surface area contributed by atoms with Crippen molar-refractivity contribution in [3.8, 4) is 5.75 Å². The summed E-state index contributed by atoms with van der Waals surface area (Å²) >= 11 is 0. The lowest BCUT2D eigenvalue weighted by molar-refractivity contribution is -0.117. The van der Waals surface area contributed by atoms with Crippen LogP contribution < -0.4 is 15.4 Å². The first-order valence-corrected chi connectivity index (χ1v) is 7.93. The Balaban J connectivity index is 1.95. The van der Waals surface area contributed by atoms with Gasteiger partial charge in [0.25, 0.3) is 0 Å². The van der Waals surface area contributed by atoms with Crippen molar-refractivity contribution in [3.63, 3.8) is 0 Å². The molecule has 0 saturated carbocycles. The SMILES string of the molecule is CCCOc1cc(C)ccc1NC(=O)CC1CCCNC1. The smallest absolute Gasteiger partial charge is 0.224 e. The van der Waals surface area contributed by atoms with Crippen molar-refractivity contribution >= 4 is 11.6 Å². The molecule has 2 N–H and O–H groups in total. The molecular formula is C17H26N2O2. The highest BCUT2D eigenvalue weighted by atomic mass is 16.5. The molecule has 1 aromatic rings. The lowest BCUT2D eigenvalue weighted by Gasteiger charge is -2.22. The van der Waals surface area contributed by atoms with Crippen molar-refractivity contribution in [1.82, 2.24) is 5.32 Å². The molecule has 1 fully saturated rings. The first-order chi connectivity index (χ1) is 10.2. The summed E-state index contributed by atoms with van der Waals surface area (Å²) in [5, 5.41) is 6.35. The maximum absolute atomic E-state index is 12.2. The van der Waals surface area contributed by atoms with E-state index in [1.165, 1.54) is 0 Å². The summed E-state index contributed by atoms with van der Waals surface area (Å²) in [5.74, 6) is 1.30. The standard InChI is InChI=1S/C17H26N2O2/c1-3-9-21-16-10-13(2)6-7-15(16)19-17(20)11-14-5-4-8-18-12-14/h6-7,10,14,18H,3-5,8-9,11-12H2,1-2H3,(H,19,20). The van der Waals surface area contributed by atoms with Gasteiger partial charge < -0.3 is 15.4 Å². The van der Waals surface area contributed by atoms with Gasteiger partial charge >= 0.3 is 0 Å². The number of rotatable bonds is 6. The number of hydrogen-bond acceptors (Lipinski definition) is 3. The van der Waals surface area contributed by atoms with Gasteiger partial charge in [-0.05, 0) is 62.9 Å². The largest absolute Gasteiger partial charge is 0.491 e. The van der Waals surface area contributed by atoms with Crippen molar-refractivity contribution in [2.45, 2.75) is 39.5 Å². The molecule has 1 atom stereocenters. The molecular weight excluding hydrogens is 264 g/mol. The highest BCUT2D eigenvalue weighted by molar-refractivity contribution is 5.92. The number of nitrogens with one attached hydrogen (secondary N) is 2. The molecule has 21 heavy (non-hydrogen) atoms. The Kier molecular flexibility index (Phi) is 6.05. The molecule has 1 saturated heterocycles. The molecule has 4 nitrogen and oxygen atoms in total. The predicted molar refractivity (Wildman–Crippen MR) is 85.8 cm³/mol. The van der Waals surface area contributed by atoms with Crippen LogP contribution in [0.2, 0.25) is 0 Å². The van der Waals surface area contributed by atoms with E-state index in [1.807, 2.05) is 25.1 Å². The first kappa shape index (κ1) is 15.8. The van der Waals surface area contributed by atoms with Gasteiger partial charge in [-0.1, -0.05) is 13.0 Å². The van der Waals surface area contributed by atoms with Crippen molar-refractivity contribution in [2.75, 3.05) is 25.0 Å². The number of aryl methyl sites for hydroxylation is 1. The maximum Gasteiger partial charge on any atom is 0.224 e. The number of benzene rings is 1. The van der Waals surface area contributed by atoms with Crippen LogP contribution in [0.5, 0.6) is 5.75 Å². The van der Waals surface area contributed by atoms with E-state index in [0.29, 0.717) is 18.9 Å². The molecule has 0 spiro atoms. The van der Waals surface area contributed by atoms with E-state index in [4.69, 9.17) is 4.74 Å². The quantitative estimate of drug-likeness (QED) is 0.846. The molecule has 116 valence electrons. The van der Waals surface area contributed by atoms with E-state index in [2.05, 4.69) is 17.6 Å². The third kappa shape index (κ3) is 5.05. The van der Waals surface area contributed by atoms with Gasteiger partial charge in [-0.2, -0.15) is 0 Å². The summed E-state index contributed by atoms with van der Waals surface area (Å²) in [6.45, 7) is 6.78. The molecule has 1 unspecified atom stereocenters. The monoisotopic (exact) mass is 290 g/mol. The highest BCUT2D eigenvalue weighted by Crippen LogP contribution is 2.26. The Labute approximate surface area is 127 Å². The summed E-state index contributed by atoms with van der Waals surface area (Å²) in [5.41, 5.74) is 1.92. The Morgan fingerprint density at radius 2 is 2.33 bits per heavy atom. The fraction of sp³-hybridized carbons (Fsp3) is 0.588. The van der Waals surface area contributed by atoms with E-state index >= 15 is 0 Å². The van der Waals surface area contributed by atoms with Gasteiger partial charge in [0.1, 0.15) is 5.75 Å². The third-order valence-electron chi connectivity index (χ3n) is 3.75. The second-order valence-electron chi connectivity index (χ2n) is 5.81. The number of carbonyl (C=O) groups excluding carboxylic acids is 1. The fourth-order valence-corrected chi connectivity index (χ4v) is 2.63. The zero-order chi connectivity index (χ0) is 15.1. The van der Waals surface area contributed by atoms with Crippen LogP contribution in [0.4, 0.5) is 5.69 Å². The number of piperidine rings is 1. The molecule has 1 aromatic carbocycles. The van der Waals surface area contributed by atoms with Crippen molar-refractivity contribution < 1.29 is 9.53 Å². The molecule has 0 radical (unpaired) electrons. The lowest BCUT2D eigenvalue weighted by atomic mass is 9.96. The van der Waals surface area contributed by atoms with Gasteiger partial charge in [0, 0.05) is 6.42 Å². The van der Waals surface area contributed by atoms with Crippen LogP contribution >= 0.6 is 0 Å². The molecule has 1 aliphatic heterocycles. The molecule has 1 amide bonds. The van der Waals surface area contributed by atoms with Gasteiger partial charge in [0.15, 0.2) is 0 Å². The zero-order valence-corrected chi connectivity index (χ0v) is 13.1. The minimum atomic E-state index is 0.0777. The highest BCUT2D eigenvalue weighted by Gasteiger charge is 2.17. The minimum absolute atomic E-state index is 0.0777. The van der Waals surface area contributed by atoms with Crippen LogP contribution in [-0.4, -0.2) is 25.6 Å². The molecule has 0 bridgehead atoms. The number of amides is 1. The fourth-order valence-electron chi connectivity index (χ4n) is 2.63. The molecule has 1 aliphatic rings. The van der Waals surface area contributed by atoms with E-state index in [-0.39, 0.29) is 5.91 Å². The van der Waals surface area contributed by atoms with E-state index < -0.39 is 0 Å². The average molecular weight is 290 g/mol. The second-order valence-corrected chi connectivity index (χ2v) is 5.81. The topological polar surface area (TPSA) is 50.4 Å². The Morgan fingerprint density at radius 3 is 3.05 bits per heavy atom. The summed E-state index contributed by atoms with van der Waals surface area (Å²) in [6.07, 6.45) is 3.82. The summed E-state index contributed by atoms with van der Waals surface area (Å²) in [7, 11) is 0. The summed E-state index contributed by atoms with van der Waals surface area (Å²) in [6, 6.07) is 5.90. The van der Waals surface area contributed by atoms with Gasteiger partial charge in [-0.3, -0.25) is 4.79 Å². The van der Waals surface area contributed by atoms with Crippen molar-refractivity contribution in [1.29, 1.82) is 0 Å². The van der Waals surface area contributed by atoms with Crippen LogP contribution in [0.1, 0.15) is 38.2 Å². The van der Waals surface area contributed by atoms with Crippen LogP contribution in [-0.2, 0) is 4.79 Å². The lowest BCUT2D eigenvalue weighted by Crippen LogP contribution is -2.32. The third-order valence-corrected chi connectivity index (χ3v) is 3.75. The average Bonchev–Trinajstić information content (AvgIpc) is 2.48. The number of hydrogen-bond donors (Lipinski definition) is 2. The number of anilines is 1. The van der Waals surface area contributed by atoms with Gasteiger partial charge in [0.05, 0.1) is 12.3 Å².